The SMILES string of the molecule is CCCCCCCCc1ccc2c(c1)Oc1cc(CCCCCCCC)ccc1N2. The predicted octanol–water partition coefficient (Wildman–Crippen LogP) is 9.34. The Morgan fingerprint density at radius 3 is 1.47 bits per heavy atom. The van der Waals surface area contributed by atoms with E-state index < -0.39 is 0 Å². The van der Waals surface area contributed by atoms with Crippen LogP contribution in [-0.2, 0) is 12.8 Å². The van der Waals surface area contributed by atoms with Gasteiger partial charge in [0.25, 0.3) is 0 Å². The normalized spacial score (nSPS) is 12.1. The zero-order valence-corrected chi connectivity index (χ0v) is 19.3. The van der Waals surface area contributed by atoms with Crippen LogP contribution in [-0.4, -0.2) is 0 Å². The summed E-state index contributed by atoms with van der Waals surface area (Å²) in [5.74, 6) is 1.95. The number of rotatable bonds is 14. The van der Waals surface area contributed by atoms with Gasteiger partial charge in [0.05, 0.1) is 11.4 Å². The highest BCUT2D eigenvalue weighted by Crippen LogP contribution is 2.42. The van der Waals surface area contributed by atoms with E-state index in [2.05, 4.69) is 55.6 Å². The fourth-order valence-corrected chi connectivity index (χ4v) is 4.30. The molecule has 3 rings (SSSR count). The van der Waals surface area contributed by atoms with Crippen LogP contribution in [0.25, 0.3) is 0 Å². The summed E-state index contributed by atoms with van der Waals surface area (Å²) in [6.45, 7) is 4.55. The van der Waals surface area contributed by atoms with Gasteiger partial charge < -0.3 is 10.1 Å². The van der Waals surface area contributed by atoms with Gasteiger partial charge in [0.1, 0.15) is 0 Å². The van der Waals surface area contributed by atoms with Gasteiger partial charge in [-0.3, -0.25) is 0 Å². The number of fused-ring (bicyclic) bond motifs is 2. The van der Waals surface area contributed by atoms with Crippen LogP contribution in [0, 0.1) is 0 Å². The molecule has 0 aromatic heterocycles. The van der Waals surface area contributed by atoms with Crippen LogP contribution in [0.3, 0.4) is 0 Å². The molecule has 0 fully saturated rings. The van der Waals surface area contributed by atoms with Crippen molar-refractivity contribution < 1.29 is 4.74 Å². The number of benzene rings is 2. The number of aryl methyl sites for hydroxylation is 2. The lowest BCUT2D eigenvalue weighted by Crippen LogP contribution is -2.04. The third kappa shape index (κ3) is 7.07. The molecular weight excluding hydrogens is 366 g/mol. The van der Waals surface area contributed by atoms with Gasteiger partial charge in [-0.05, 0) is 61.1 Å². The van der Waals surface area contributed by atoms with Crippen LogP contribution in [0.1, 0.15) is 102 Å². The quantitative estimate of drug-likeness (QED) is 0.269. The highest BCUT2D eigenvalue weighted by Gasteiger charge is 2.17. The molecule has 0 aliphatic carbocycles. The van der Waals surface area contributed by atoms with Crippen LogP contribution >= 0.6 is 0 Å². The first-order chi connectivity index (χ1) is 14.8. The summed E-state index contributed by atoms with van der Waals surface area (Å²) in [5.41, 5.74) is 4.94. The van der Waals surface area contributed by atoms with Crippen LogP contribution in [0.2, 0.25) is 0 Å². The summed E-state index contributed by atoms with van der Waals surface area (Å²) in [6, 6.07) is 13.3. The summed E-state index contributed by atoms with van der Waals surface area (Å²) >= 11 is 0. The van der Waals surface area contributed by atoms with Gasteiger partial charge in [0, 0.05) is 0 Å². The summed E-state index contributed by atoms with van der Waals surface area (Å²) in [5, 5.41) is 3.55. The van der Waals surface area contributed by atoms with Gasteiger partial charge in [0.2, 0.25) is 0 Å². The predicted molar refractivity (Wildman–Crippen MR) is 130 cm³/mol. The first kappa shape index (κ1) is 22.7. The maximum atomic E-state index is 6.32. The molecular formula is C28H41NO. The molecule has 1 aliphatic rings. The molecule has 2 heteroatoms. The minimum atomic E-state index is 0.975. The molecule has 1 aliphatic heterocycles. The number of ether oxygens (including phenoxy) is 1. The van der Waals surface area contributed by atoms with E-state index in [1.807, 2.05) is 0 Å². The average Bonchev–Trinajstić information content (AvgIpc) is 2.77. The van der Waals surface area contributed by atoms with Crippen molar-refractivity contribution in [3.63, 3.8) is 0 Å². The molecule has 2 aromatic carbocycles. The Balaban J connectivity index is 1.49. The largest absolute Gasteiger partial charge is 0.453 e. The summed E-state index contributed by atoms with van der Waals surface area (Å²) in [7, 11) is 0. The number of nitrogens with one attached hydrogen (secondary N) is 1. The van der Waals surface area contributed by atoms with Gasteiger partial charge in [-0.15, -0.1) is 0 Å². The first-order valence-corrected chi connectivity index (χ1v) is 12.5. The Morgan fingerprint density at radius 1 is 0.567 bits per heavy atom. The third-order valence-electron chi connectivity index (χ3n) is 6.22. The van der Waals surface area contributed by atoms with Gasteiger partial charge in [-0.2, -0.15) is 0 Å². The molecule has 0 atom stereocenters. The second kappa shape index (κ2) is 12.7. The van der Waals surface area contributed by atoms with Crippen molar-refractivity contribution in [3.05, 3.63) is 47.5 Å². The van der Waals surface area contributed by atoms with E-state index in [-0.39, 0.29) is 0 Å². The van der Waals surface area contributed by atoms with Crippen molar-refractivity contribution in [2.75, 3.05) is 5.32 Å². The molecule has 1 N–H and O–H groups in total. The molecule has 1 heterocycles. The van der Waals surface area contributed by atoms with Crippen LogP contribution in [0.4, 0.5) is 11.4 Å². The van der Waals surface area contributed by atoms with Gasteiger partial charge >= 0.3 is 0 Å². The Morgan fingerprint density at radius 2 is 1.00 bits per heavy atom. The Bertz CT molecular complexity index is 704. The smallest absolute Gasteiger partial charge is 0.151 e. The summed E-state index contributed by atoms with van der Waals surface area (Å²) in [6.07, 6.45) is 18.4. The zero-order valence-electron chi connectivity index (χ0n) is 19.3. The first-order valence-electron chi connectivity index (χ1n) is 12.5. The number of unbranched alkanes of at least 4 members (excludes halogenated alkanes) is 10. The maximum Gasteiger partial charge on any atom is 0.151 e. The summed E-state index contributed by atoms with van der Waals surface area (Å²) < 4.78 is 6.32. The second-order valence-electron chi connectivity index (χ2n) is 8.92. The molecule has 0 spiro atoms. The highest BCUT2D eigenvalue weighted by molar-refractivity contribution is 5.76. The standard InChI is InChI=1S/C28H41NO/c1-3-5-7-9-11-13-15-23-17-19-25-27(21-23)30-28-22-24(18-20-26(28)29-25)16-14-12-10-8-6-4-2/h17-22,29H,3-16H2,1-2H3. The molecule has 0 radical (unpaired) electrons. The van der Waals surface area contributed by atoms with Crippen LogP contribution in [0.15, 0.2) is 36.4 Å². The maximum absolute atomic E-state index is 6.32. The lowest BCUT2D eigenvalue weighted by atomic mass is 10.0. The Kier molecular flexibility index (Phi) is 9.60. The highest BCUT2D eigenvalue weighted by atomic mass is 16.5. The molecule has 0 amide bonds. The molecule has 2 aromatic rings. The lowest BCUT2D eigenvalue weighted by molar-refractivity contribution is 0.479. The fraction of sp³-hybridized carbons (Fsp3) is 0.571. The van der Waals surface area contributed by atoms with E-state index in [9.17, 15) is 0 Å². The molecule has 0 saturated heterocycles. The van der Waals surface area contributed by atoms with Crippen molar-refractivity contribution >= 4 is 11.4 Å². The van der Waals surface area contributed by atoms with Gasteiger partial charge in [-0.1, -0.05) is 90.2 Å². The van der Waals surface area contributed by atoms with Crippen LogP contribution in [0.5, 0.6) is 11.5 Å². The van der Waals surface area contributed by atoms with Crippen molar-refractivity contribution in [1.82, 2.24) is 0 Å². The molecule has 0 saturated carbocycles. The van der Waals surface area contributed by atoms with Crippen LogP contribution < -0.4 is 10.1 Å². The minimum absolute atomic E-state index is 0.975. The fourth-order valence-electron chi connectivity index (χ4n) is 4.30. The van der Waals surface area contributed by atoms with E-state index >= 15 is 0 Å². The number of hydrogen-bond acceptors (Lipinski definition) is 2. The lowest BCUT2D eigenvalue weighted by Gasteiger charge is -2.23. The molecule has 2 nitrogen and oxygen atoms in total. The molecule has 0 bridgehead atoms. The van der Waals surface area contributed by atoms with Crippen molar-refractivity contribution in [2.24, 2.45) is 0 Å². The molecule has 30 heavy (non-hydrogen) atoms. The topological polar surface area (TPSA) is 21.3 Å². The van der Waals surface area contributed by atoms with Gasteiger partial charge in [0.15, 0.2) is 11.5 Å². The van der Waals surface area contributed by atoms with Crippen molar-refractivity contribution in [3.8, 4) is 11.5 Å². The van der Waals surface area contributed by atoms with Crippen molar-refractivity contribution in [2.45, 2.75) is 104 Å². The van der Waals surface area contributed by atoms with Crippen molar-refractivity contribution in [1.29, 1.82) is 0 Å². The van der Waals surface area contributed by atoms with E-state index in [4.69, 9.17) is 4.74 Å². The number of hydrogen-bond donors (Lipinski definition) is 1. The minimum Gasteiger partial charge on any atom is -0.453 e. The Hall–Kier alpha value is -1.96. The van der Waals surface area contributed by atoms with Gasteiger partial charge in [-0.25, -0.2) is 0 Å². The van der Waals surface area contributed by atoms with E-state index in [0.29, 0.717) is 0 Å². The third-order valence-corrected chi connectivity index (χ3v) is 6.22. The average molecular weight is 408 g/mol. The Labute approximate surface area is 184 Å². The molecule has 0 unspecified atom stereocenters. The molecule has 164 valence electrons. The van der Waals surface area contributed by atoms with E-state index in [1.54, 1.807) is 0 Å². The van der Waals surface area contributed by atoms with E-state index in [0.717, 1.165) is 35.7 Å². The zero-order chi connectivity index (χ0) is 21.0. The summed E-state index contributed by atoms with van der Waals surface area (Å²) in [4.78, 5) is 0. The number of anilines is 2. The second-order valence-corrected chi connectivity index (χ2v) is 8.92. The monoisotopic (exact) mass is 407 g/mol. The van der Waals surface area contributed by atoms with E-state index in [1.165, 1.54) is 88.2 Å².